The third-order valence-corrected chi connectivity index (χ3v) is 4.41. The fraction of sp³-hybridized carbons (Fsp3) is 0.333. The van der Waals surface area contributed by atoms with E-state index < -0.39 is 5.97 Å². The quantitative estimate of drug-likeness (QED) is 0.913. The molecular formula is C15H15N3O3S. The Morgan fingerprint density at radius 3 is 2.77 bits per heavy atom. The van der Waals surface area contributed by atoms with Gasteiger partial charge in [0.15, 0.2) is 0 Å². The maximum Gasteiger partial charge on any atom is 0.337 e. The molecule has 6 nitrogen and oxygen atoms in total. The predicted molar refractivity (Wildman–Crippen MR) is 81.4 cm³/mol. The number of rotatable bonds is 2. The van der Waals surface area contributed by atoms with E-state index in [2.05, 4.69) is 9.97 Å². The number of nitrogens with zero attached hydrogens (tertiary/aromatic N) is 3. The first-order valence-corrected chi connectivity index (χ1v) is 7.90. The molecule has 1 aliphatic rings. The minimum atomic E-state index is -0.965. The first-order valence-electron chi connectivity index (χ1n) is 6.96. The van der Waals surface area contributed by atoms with Crippen molar-refractivity contribution in [3.8, 4) is 0 Å². The van der Waals surface area contributed by atoms with Gasteiger partial charge in [0.1, 0.15) is 5.69 Å². The summed E-state index contributed by atoms with van der Waals surface area (Å²) in [5, 5.41) is 10.9. The maximum atomic E-state index is 12.4. The predicted octanol–water partition coefficient (Wildman–Crippen LogP) is 1.79. The number of hydrogen-bond acceptors (Lipinski definition) is 5. The highest BCUT2D eigenvalue weighted by Gasteiger charge is 2.23. The van der Waals surface area contributed by atoms with Crippen LogP contribution in [0.1, 0.15) is 37.8 Å². The van der Waals surface area contributed by atoms with E-state index in [0.717, 1.165) is 11.3 Å². The zero-order chi connectivity index (χ0) is 15.7. The number of aromatic carboxylic acids is 1. The molecule has 3 rings (SSSR count). The van der Waals surface area contributed by atoms with Gasteiger partial charge >= 0.3 is 5.97 Å². The van der Waals surface area contributed by atoms with Gasteiger partial charge in [-0.25, -0.2) is 9.78 Å². The summed E-state index contributed by atoms with van der Waals surface area (Å²) in [5.41, 5.74) is 4.66. The molecule has 0 fully saturated rings. The number of amides is 1. The molecule has 0 aromatic carbocycles. The Kier molecular flexibility index (Phi) is 3.89. The van der Waals surface area contributed by atoms with Gasteiger partial charge in [-0.2, -0.15) is 0 Å². The Bertz CT molecular complexity index is 728. The average molecular weight is 317 g/mol. The topological polar surface area (TPSA) is 83.4 Å². The van der Waals surface area contributed by atoms with Crippen LogP contribution in [0.3, 0.4) is 0 Å². The van der Waals surface area contributed by atoms with Crippen molar-refractivity contribution >= 4 is 23.2 Å². The van der Waals surface area contributed by atoms with Crippen LogP contribution >= 0.6 is 11.3 Å². The Morgan fingerprint density at radius 1 is 1.32 bits per heavy atom. The molecule has 7 heteroatoms. The Balaban J connectivity index is 1.83. The van der Waals surface area contributed by atoms with E-state index >= 15 is 0 Å². The molecule has 114 valence electrons. The molecule has 0 radical (unpaired) electrons. The van der Waals surface area contributed by atoms with E-state index in [-0.39, 0.29) is 11.5 Å². The molecule has 2 aromatic rings. The Hall–Kier alpha value is -2.28. The second kappa shape index (κ2) is 5.84. The number of aromatic nitrogens is 2. The molecule has 3 heterocycles. The summed E-state index contributed by atoms with van der Waals surface area (Å²) >= 11 is 1.40. The monoisotopic (exact) mass is 317 g/mol. The molecule has 22 heavy (non-hydrogen) atoms. The summed E-state index contributed by atoms with van der Waals surface area (Å²) in [6.07, 6.45) is 1.24. The third-order valence-electron chi connectivity index (χ3n) is 3.82. The number of carbonyl (C=O) groups excluding carboxylic acids is 1. The second-order valence-corrected chi connectivity index (χ2v) is 5.92. The molecule has 0 spiro atoms. The third kappa shape index (κ3) is 2.71. The SMILES string of the molecule is Cc1nc2c(cc1C(=O)O)CCN(C(=O)c1cscn1)CC2. The minimum absolute atomic E-state index is 0.0794. The fourth-order valence-corrected chi connectivity index (χ4v) is 3.16. The van der Waals surface area contributed by atoms with E-state index in [1.54, 1.807) is 28.8 Å². The number of carboxylic acid groups (broad SMARTS) is 1. The molecule has 1 aliphatic heterocycles. The van der Waals surface area contributed by atoms with E-state index in [1.165, 1.54) is 11.3 Å². The van der Waals surface area contributed by atoms with E-state index in [9.17, 15) is 14.7 Å². The van der Waals surface area contributed by atoms with Gasteiger partial charge in [-0.1, -0.05) is 0 Å². The largest absolute Gasteiger partial charge is 0.478 e. The van der Waals surface area contributed by atoms with Crippen LogP contribution < -0.4 is 0 Å². The van der Waals surface area contributed by atoms with Crippen molar-refractivity contribution in [2.45, 2.75) is 19.8 Å². The molecule has 1 amide bonds. The highest BCUT2D eigenvalue weighted by atomic mass is 32.1. The summed E-state index contributed by atoms with van der Waals surface area (Å²) < 4.78 is 0. The lowest BCUT2D eigenvalue weighted by Crippen LogP contribution is -2.33. The van der Waals surface area contributed by atoms with Gasteiger partial charge in [0.05, 0.1) is 16.8 Å². The highest BCUT2D eigenvalue weighted by molar-refractivity contribution is 7.07. The van der Waals surface area contributed by atoms with Crippen molar-refractivity contribution in [3.05, 3.63) is 45.2 Å². The second-order valence-electron chi connectivity index (χ2n) is 5.20. The van der Waals surface area contributed by atoms with E-state index in [1.807, 2.05) is 0 Å². The smallest absolute Gasteiger partial charge is 0.337 e. The van der Waals surface area contributed by atoms with Crippen LogP contribution in [0.4, 0.5) is 0 Å². The fourth-order valence-electron chi connectivity index (χ4n) is 2.64. The summed E-state index contributed by atoms with van der Waals surface area (Å²) in [7, 11) is 0. The van der Waals surface area contributed by atoms with Gasteiger partial charge in [0, 0.05) is 30.6 Å². The summed E-state index contributed by atoms with van der Waals surface area (Å²) in [5.74, 6) is -1.04. The number of hydrogen-bond donors (Lipinski definition) is 1. The Labute approximate surface area is 131 Å². The number of fused-ring (bicyclic) bond motifs is 1. The molecule has 0 atom stereocenters. The number of carbonyl (C=O) groups is 2. The number of carboxylic acids is 1. The molecule has 0 unspecified atom stereocenters. The molecular weight excluding hydrogens is 302 g/mol. The zero-order valence-electron chi connectivity index (χ0n) is 12.1. The number of pyridine rings is 1. The molecule has 0 aliphatic carbocycles. The average Bonchev–Trinajstić information content (AvgIpc) is 2.94. The molecule has 2 aromatic heterocycles. The summed E-state index contributed by atoms with van der Waals surface area (Å²) in [6.45, 7) is 2.82. The zero-order valence-corrected chi connectivity index (χ0v) is 12.9. The van der Waals surface area contributed by atoms with Crippen LogP contribution in [0.5, 0.6) is 0 Å². The molecule has 1 N–H and O–H groups in total. The van der Waals surface area contributed by atoms with Gasteiger partial charge in [0.25, 0.3) is 5.91 Å². The van der Waals surface area contributed by atoms with E-state index in [0.29, 0.717) is 37.3 Å². The standard InChI is InChI=1S/C15H15N3O3S/c1-9-11(15(20)21)6-10-2-4-18(5-3-12(10)17-9)14(19)13-7-22-8-16-13/h6-8H,2-5H2,1H3,(H,20,21). The Morgan fingerprint density at radius 2 is 2.09 bits per heavy atom. The lowest BCUT2D eigenvalue weighted by molar-refractivity contribution is 0.0694. The molecule has 0 bridgehead atoms. The van der Waals surface area contributed by atoms with Gasteiger partial charge in [-0.3, -0.25) is 9.78 Å². The van der Waals surface area contributed by atoms with E-state index in [4.69, 9.17) is 0 Å². The van der Waals surface area contributed by atoms with Crippen LogP contribution in [0, 0.1) is 6.92 Å². The molecule has 0 saturated heterocycles. The first-order chi connectivity index (χ1) is 10.6. The van der Waals surface area contributed by atoms with Crippen LogP contribution in [-0.2, 0) is 12.8 Å². The van der Waals surface area contributed by atoms with Gasteiger partial charge in [-0.05, 0) is 25.0 Å². The van der Waals surface area contributed by atoms with Crippen molar-refractivity contribution in [1.29, 1.82) is 0 Å². The normalized spacial score (nSPS) is 14.3. The lowest BCUT2D eigenvalue weighted by Gasteiger charge is -2.18. The minimum Gasteiger partial charge on any atom is -0.478 e. The van der Waals surface area contributed by atoms with Crippen molar-refractivity contribution in [2.75, 3.05) is 13.1 Å². The summed E-state index contributed by atoms with van der Waals surface area (Å²) in [4.78, 5) is 33.8. The highest BCUT2D eigenvalue weighted by Crippen LogP contribution is 2.19. The summed E-state index contributed by atoms with van der Waals surface area (Å²) in [6, 6.07) is 1.69. The van der Waals surface area contributed by atoms with Gasteiger partial charge in [0.2, 0.25) is 0 Å². The van der Waals surface area contributed by atoms with Gasteiger partial charge in [-0.15, -0.1) is 11.3 Å². The van der Waals surface area contributed by atoms with Gasteiger partial charge < -0.3 is 10.0 Å². The van der Waals surface area contributed by atoms with Crippen LogP contribution in [0.2, 0.25) is 0 Å². The van der Waals surface area contributed by atoms with Crippen molar-refractivity contribution in [3.63, 3.8) is 0 Å². The molecule has 0 saturated carbocycles. The van der Waals surface area contributed by atoms with Crippen LogP contribution in [0.25, 0.3) is 0 Å². The van der Waals surface area contributed by atoms with Crippen LogP contribution in [0.15, 0.2) is 17.0 Å². The van der Waals surface area contributed by atoms with Crippen LogP contribution in [-0.4, -0.2) is 44.9 Å². The first kappa shape index (κ1) is 14.6. The number of thiazole rings is 1. The number of aryl methyl sites for hydroxylation is 1. The van der Waals surface area contributed by atoms with Crippen molar-refractivity contribution in [2.24, 2.45) is 0 Å². The van der Waals surface area contributed by atoms with Crippen molar-refractivity contribution in [1.82, 2.24) is 14.9 Å². The lowest BCUT2D eigenvalue weighted by atomic mass is 10.0. The van der Waals surface area contributed by atoms with Crippen molar-refractivity contribution < 1.29 is 14.7 Å². The maximum absolute atomic E-state index is 12.4.